The van der Waals surface area contributed by atoms with Gasteiger partial charge in [0.1, 0.15) is 0 Å². The van der Waals surface area contributed by atoms with Gasteiger partial charge in [-0.3, -0.25) is 4.79 Å². The second-order valence-corrected chi connectivity index (χ2v) is 4.35. The Labute approximate surface area is 96.6 Å². The summed E-state index contributed by atoms with van der Waals surface area (Å²) in [4.78, 5) is 11.9. The van der Waals surface area contributed by atoms with Crippen molar-refractivity contribution in [3.63, 3.8) is 0 Å². The first-order valence-corrected chi connectivity index (χ1v) is 5.99. The maximum Gasteiger partial charge on any atom is 0.316 e. The number of hydrogen-bond acceptors (Lipinski definition) is 2. The zero-order chi connectivity index (χ0) is 11.6. The molecule has 2 heteroatoms. The molecule has 0 N–H and O–H groups in total. The SMILES string of the molecule is CCOC(=O)C1(c2ccc(CC)cc2)CC1. The average Bonchev–Trinajstić information content (AvgIpc) is 3.11. The van der Waals surface area contributed by atoms with Crippen molar-refractivity contribution in [2.75, 3.05) is 6.61 Å². The van der Waals surface area contributed by atoms with Crippen LogP contribution < -0.4 is 0 Å². The minimum Gasteiger partial charge on any atom is -0.465 e. The van der Waals surface area contributed by atoms with Gasteiger partial charge in [-0.15, -0.1) is 0 Å². The van der Waals surface area contributed by atoms with Crippen LogP contribution in [0.2, 0.25) is 0 Å². The largest absolute Gasteiger partial charge is 0.465 e. The molecule has 2 nitrogen and oxygen atoms in total. The van der Waals surface area contributed by atoms with Crippen LogP contribution in [0.15, 0.2) is 24.3 Å². The van der Waals surface area contributed by atoms with Gasteiger partial charge in [-0.05, 0) is 37.3 Å². The minimum atomic E-state index is -0.317. The van der Waals surface area contributed by atoms with Gasteiger partial charge in [-0.2, -0.15) is 0 Å². The second-order valence-electron chi connectivity index (χ2n) is 4.35. The fourth-order valence-electron chi connectivity index (χ4n) is 2.06. The van der Waals surface area contributed by atoms with Crippen LogP contribution in [0.3, 0.4) is 0 Å². The molecule has 0 spiro atoms. The summed E-state index contributed by atoms with van der Waals surface area (Å²) in [5.74, 6) is -0.0563. The summed E-state index contributed by atoms with van der Waals surface area (Å²) < 4.78 is 5.14. The van der Waals surface area contributed by atoms with Crippen molar-refractivity contribution in [2.24, 2.45) is 0 Å². The molecule has 0 aliphatic heterocycles. The fourth-order valence-corrected chi connectivity index (χ4v) is 2.06. The van der Waals surface area contributed by atoms with Gasteiger partial charge >= 0.3 is 5.97 Å². The number of hydrogen-bond donors (Lipinski definition) is 0. The Morgan fingerprint density at radius 3 is 2.31 bits per heavy atom. The maximum absolute atomic E-state index is 11.9. The summed E-state index contributed by atoms with van der Waals surface area (Å²) >= 11 is 0. The number of rotatable bonds is 4. The van der Waals surface area contributed by atoms with Crippen molar-refractivity contribution in [2.45, 2.75) is 38.5 Å². The Morgan fingerprint density at radius 2 is 1.88 bits per heavy atom. The Kier molecular flexibility index (Phi) is 2.99. The van der Waals surface area contributed by atoms with E-state index >= 15 is 0 Å². The molecule has 0 radical (unpaired) electrons. The highest BCUT2D eigenvalue weighted by atomic mass is 16.5. The Morgan fingerprint density at radius 1 is 1.25 bits per heavy atom. The molecule has 1 aromatic carbocycles. The van der Waals surface area contributed by atoms with Gasteiger partial charge in [0.15, 0.2) is 0 Å². The summed E-state index contributed by atoms with van der Waals surface area (Å²) in [5, 5.41) is 0. The van der Waals surface area contributed by atoms with E-state index in [9.17, 15) is 4.79 Å². The topological polar surface area (TPSA) is 26.3 Å². The van der Waals surface area contributed by atoms with Crippen LogP contribution in [0.1, 0.15) is 37.8 Å². The molecule has 0 saturated heterocycles. The molecule has 1 fully saturated rings. The van der Waals surface area contributed by atoms with Crippen LogP contribution in [-0.2, 0) is 21.4 Å². The van der Waals surface area contributed by atoms with Crippen LogP contribution in [0.4, 0.5) is 0 Å². The fraction of sp³-hybridized carbons (Fsp3) is 0.500. The summed E-state index contributed by atoms with van der Waals surface area (Å²) in [6.07, 6.45) is 2.89. The molecule has 1 aliphatic rings. The highest BCUT2D eigenvalue weighted by Crippen LogP contribution is 2.49. The van der Waals surface area contributed by atoms with Gasteiger partial charge in [0.2, 0.25) is 0 Å². The standard InChI is InChI=1S/C14H18O2/c1-3-11-5-7-12(8-6-11)14(9-10-14)13(15)16-4-2/h5-8H,3-4,9-10H2,1-2H3. The van der Waals surface area contributed by atoms with Crippen LogP contribution in [0, 0.1) is 0 Å². The Bertz CT molecular complexity index is 374. The molecule has 0 amide bonds. The monoisotopic (exact) mass is 218 g/mol. The van der Waals surface area contributed by atoms with Crippen LogP contribution in [0.5, 0.6) is 0 Å². The molecule has 16 heavy (non-hydrogen) atoms. The highest BCUT2D eigenvalue weighted by Gasteiger charge is 2.52. The maximum atomic E-state index is 11.9. The van der Waals surface area contributed by atoms with Gasteiger partial charge in [-0.1, -0.05) is 31.2 Å². The Balaban J connectivity index is 2.19. The van der Waals surface area contributed by atoms with Crippen molar-refractivity contribution in [3.8, 4) is 0 Å². The summed E-state index contributed by atoms with van der Waals surface area (Å²) in [6.45, 7) is 4.45. The number of benzene rings is 1. The lowest BCUT2D eigenvalue weighted by molar-refractivity contribution is -0.146. The summed E-state index contributed by atoms with van der Waals surface area (Å²) in [5.41, 5.74) is 2.11. The average molecular weight is 218 g/mol. The molecule has 1 aromatic rings. The van der Waals surface area contributed by atoms with Crippen LogP contribution >= 0.6 is 0 Å². The molecular formula is C14H18O2. The summed E-state index contributed by atoms with van der Waals surface area (Å²) in [6, 6.07) is 8.36. The molecule has 0 aromatic heterocycles. The van der Waals surface area contributed by atoms with E-state index in [4.69, 9.17) is 4.74 Å². The predicted octanol–water partition coefficient (Wildman–Crippen LogP) is 2.84. The van der Waals surface area contributed by atoms with Crippen molar-refractivity contribution in [1.29, 1.82) is 0 Å². The number of aryl methyl sites for hydroxylation is 1. The van der Waals surface area contributed by atoms with E-state index in [0.717, 1.165) is 24.8 Å². The smallest absolute Gasteiger partial charge is 0.316 e. The molecular weight excluding hydrogens is 200 g/mol. The summed E-state index contributed by atoms with van der Waals surface area (Å²) in [7, 11) is 0. The zero-order valence-electron chi connectivity index (χ0n) is 9.95. The lowest BCUT2D eigenvalue weighted by atomic mass is 9.95. The number of carbonyl (C=O) groups excluding carboxylic acids is 1. The van der Waals surface area contributed by atoms with E-state index in [-0.39, 0.29) is 11.4 Å². The highest BCUT2D eigenvalue weighted by molar-refractivity contribution is 5.86. The van der Waals surface area contributed by atoms with Crippen LogP contribution in [0.25, 0.3) is 0 Å². The molecule has 0 atom stereocenters. The first-order chi connectivity index (χ1) is 7.73. The van der Waals surface area contributed by atoms with E-state index in [1.807, 2.05) is 6.92 Å². The normalized spacial score (nSPS) is 16.9. The molecule has 0 heterocycles. The van der Waals surface area contributed by atoms with Gasteiger partial charge < -0.3 is 4.74 Å². The van der Waals surface area contributed by atoms with Gasteiger partial charge in [0.25, 0.3) is 0 Å². The third-order valence-corrected chi connectivity index (χ3v) is 3.33. The molecule has 0 bridgehead atoms. The van der Waals surface area contributed by atoms with Crippen molar-refractivity contribution < 1.29 is 9.53 Å². The molecule has 0 unspecified atom stereocenters. The Hall–Kier alpha value is -1.31. The van der Waals surface area contributed by atoms with Gasteiger partial charge in [-0.25, -0.2) is 0 Å². The first-order valence-electron chi connectivity index (χ1n) is 5.99. The number of ether oxygens (including phenoxy) is 1. The number of esters is 1. The zero-order valence-corrected chi connectivity index (χ0v) is 9.95. The lowest BCUT2D eigenvalue weighted by Gasteiger charge is -2.14. The number of carbonyl (C=O) groups is 1. The van der Waals surface area contributed by atoms with Crippen LogP contribution in [-0.4, -0.2) is 12.6 Å². The van der Waals surface area contributed by atoms with Crippen molar-refractivity contribution >= 4 is 5.97 Å². The molecule has 86 valence electrons. The van der Waals surface area contributed by atoms with Gasteiger partial charge in [0, 0.05) is 0 Å². The van der Waals surface area contributed by atoms with E-state index in [1.54, 1.807) is 0 Å². The molecule has 1 aliphatic carbocycles. The second kappa shape index (κ2) is 4.28. The first kappa shape index (κ1) is 11.2. The third kappa shape index (κ3) is 1.84. The van der Waals surface area contributed by atoms with Crippen molar-refractivity contribution in [3.05, 3.63) is 35.4 Å². The minimum absolute atomic E-state index is 0.0563. The van der Waals surface area contributed by atoms with E-state index in [2.05, 4.69) is 31.2 Å². The van der Waals surface area contributed by atoms with Crippen molar-refractivity contribution in [1.82, 2.24) is 0 Å². The molecule has 2 rings (SSSR count). The predicted molar refractivity (Wildman–Crippen MR) is 63.4 cm³/mol. The van der Waals surface area contributed by atoms with E-state index < -0.39 is 0 Å². The van der Waals surface area contributed by atoms with Gasteiger partial charge in [0.05, 0.1) is 12.0 Å². The molecule has 1 saturated carbocycles. The van der Waals surface area contributed by atoms with E-state index in [0.29, 0.717) is 6.61 Å². The van der Waals surface area contributed by atoms with E-state index in [1.165, 1.54) is 5.56 Å². The quantitative estimate of drug-likeness (QED) is 0.726. The third-order valence-electron chi connectivity index (χ3n) is 3.33. The lowest BCUT2D eigenvalue weighted by Crippen LogP contribution is -2.23.